The molecule has 0 unspecified atom stereocenters. The Hall–Kier alpha value is -2.11. The van der Waals surface area contributed by atoms with Gasteiger partial charge in [-0.05, 0) is 18.6 Å². The van der Waals surface area contributed by atoms with Gasteiger partial charge in [0.2, 0.25) is 5.91 Å². The van der Waals surface area contributed by atoms with Gasteiger partial charge in [0.15, 0.2) is 0 Å². The van der Waals surface area contributed by atoms with Crippen LogP contribution in [0.2, 0.25) is 0 Å². The number of nitrogens with one attached hydrogen (secondary N) is 2. The summed E-state index contributed by atoms with van der Waals surface area (Å²) in [6.07, 6.45) is 2.64. The molecule has 1 aromatic heterocycles. The molecule has 0 aliphatic carbocycles. The van der Waals surface area contributed by atoms with E-state index in [0.717, 1.165) is 18.8 Å². The molecule has 1 rings (SSSR count). The number of nitrogens with zero attached hydrogens (tertiary/aromatic N) is 1. The lowest BCUT2D eigenvalue weighted by Crippen LogP contribution is -2.27. The molecule has 18 heavy (non-hydrogen) atoms. The first-order valence-electron chi connectivity index (χ1n) is 5.90. The van der Waals surface area contributed by atoms with Crippen molar-refractivity contribution in [2.24, 2.45) is 5.73 Å². The van der Waals surface area contributed by atoms with E-state index in [4.69, 9.17) is 5.73 Å². The molecule has 1 heterocycles. The van der Waals surface area contributed by atoms with E-state index in [1.807, 2.05) is 0 Å². The number of carbonyl (C=O) groups excluding carboxylic acids is 2. The van der Waals surface area contributed by atoms with Gasteiger partial charge in [-0.2, -0.15) is 0 Å². The van der Waals surface area contributed by atoms with Crippen molar-refractivity contribution in [3.05, 3.63) is 23.9 Å². The number of rotatable bonds is 7. The maximum atomic E-state index is 11.6. The largest absolute Gasteiger partial charge is 0.370 e. The van der Waals surface area contributed by atoms with Crippen molar-refractivity contribution < 1.29 is 9.59 Å². The Kier molecular flexibility index (Phi) is 5.63. The van der Waals surface area contributed by atoms with E-state index in [0.29, 0.717) is 5.56 Å². The maximum Gasteiger partial charge on any atom is 0.252 e. The second-order valence-electron chi connectivity index (χ2n) is 3.83. The smallest absolute Gasteiger partial charge is 0.252 e. The van der Waals surface area contributed by atoms with Crippen molar-refractivity contribution in [3.8, 4) is 0 Å². The Labute approximate surface area is 106 Å². The van der Waals surface area contributed by atoms with Gasteiger partial charge in [0.05, 0.1) is 5.56 Å². The van der Waals surface area contributed by atoms with Gasteiger partial charge in [0, 0.05) is 25.7 Å². The Morgan fingerprint density at radius 1 is 1.33 bits per heavy atom. The molecule has 0 saturated heterocycles. The minimum atomic E-state index is -0.437. The van der Waals surface area contributed by atoms with E-state index in [-0.39, 0.29) is 18.9 Å². The third kappa shape index (κ3) is 4.82. The summed E-state index contributed by atoms with van der Waals surface area (Å²) < 4.78 is 0. The van der Waals surface area contributed by atoms with Crippen LogP contribution in [-0.2, 0) is 4.79 Å². The molecular formula is C12H18N4O2. The summed E-state index contributed by atoms with van der Waals surface area (Å²) in [7, 11) is 0. The molecule has 0 radical (unpaired) electrons. The van der Waals surface area contributed by atoms with Crippen molar-refractivity contribution in [3.63, 3.8) is 0 Å². The highest BCUT2D eigenvalue weighted by Crippen LogP contribution is 2.04. The zero-order chi connectivity index (χ0) is 13.4. The van der Waals surface area contributed by atoms with Gasteiger partial charge in [0.25, 0.3) is 5.91 Å². The van der Waals surface area contributed by atoms with Crippen LogP contribution in [0.25, 0.3) is 0 Å². The minimum Gasteiger partial charge on any atom is -0.370 e. The fourth-order valence-corrected chi connectivity index (χ4v) is 1.29. The standard InChI is InChI=1S/C12H18N4O2/c1-2-6-14-11-4-3-9(8-16-11)12(18)15-7-5-10(13)17/h3-4,8H,2,5-7H2,1H3,(H2,13,17)(H,14,16)(H,15,18). The first-order chi connectivity index (χ1) is 8.63. The Morgan fingerprint density at radius 2 is 2.11 bits per heavy atom. The van der Waals surface area contributed by atoms with Crippen LogP contribution in [0.3, 0.4) is 0 Å². The van der Waals surface area contributed by atoms with E-state index in [1.54, 1.807) is 12.1 Å². The third-order valence-corrected chi connectivity index (χ3v) is 2.24. The average molecular weight is 250 g/mol. The molecule has 0 aromatic carbocycles. The van der Waals surface area contributed by atoms with Crippen LogP contribution < -0.4 is 16.4 Å². The van der Waals surface area contributed by atoms with E-state index in [1.165, 1.54) is 6.20 Å². The summed E-state index contributed by atoms with van der Waals surface area (Å²) in [5.41, 5.74) is 5.43. The van der Waals surface area contributed by atoms with Crippen molar-refractivity contribution in [2.45, 2.75) is 19.8 Å². The number of primary amides is 1. The molecule has 0 bridgehead atoms. The number of carbonyl (C=O) groups is 2. The quantitative estimate of drug-likeness (QED) is 0.656. The molecule has 0 aliphatic rings. The normalized spacial score (nSPS) is 9.83. The summed E-state index contributed by atoms with van der Waals surface area (Å²) in [5.74, 6) is 0.0452. The lowest BCUT2D eigenvalue weighted by Gasteiger charge is -2.06. The summed E-state index contributed by atoms with van der Waals surface area (Å²) >= 11 is 0. The van der Waals surface area contributed by atoms with E-state index >= 15 is 0 Å². The fourth-order valence-electron chi connectivity index (χ4n) is 1.29. The maximum absolute atomic E-state index is 11.6. The van der Waals surface area contributed by atoms with E-state index in [2.05, 4.69) is 22.5 Å². The second kappa shape index (κ2) is 7.26. The van der Waals surface area contributed by atoms with Crippen molar-refractivity contribution in [2.75, 3.05) is 18.4 Å². The van der Waals surface area contributed by atoms with Gasteiger partial charge >= 0.3 is 0 Å². The minimum absolute atomic E-state index is 0.134. The molecule has 1 aromatic rings. The lowest BCUT2D eigenvalue weighted by atomic mass is 10.2. The van der Waals surface area contributed by atoms with Crippen molar-refractivity contribution in [1.82, 2.24) is 10.3 Å². The molecular weight excluding hydrogens is 232 g/mol. The molecule has 6 heteroatoms. The van der Waals surface area contributed by atoms with Crippen molar-refractivity contribution >= 4 is 17.6 Å². The highest BCUT2D eigenvalue weighted by atomic mass is 16.2. The highest BCUT2D eigenvalue weighted by molar-refractivity contribution is 5.94. The predicted octanol–water partition coefficient (Wildman–Crippen LogP) is 0.509. The van der Waals surface area contributed by atoms with Gasteiger partial charge in [-0.3, -0.25) is 9.59 Å². The van der Waals surface area contributed by atoms with E-state index < -0.39 is 5.91 Å². The number of anilines is 1. The first kappa shape index (κ1) is 14.0. The monoisotopic (exact) mass is 250 g/mol. The van der Waals surface area contributed by atoms with Crippen LogP contribution >= 0.6 is 0 Å². The Morgan fingerprint density at radius 3 is 2.67 bits per heavy atom. The molecule has 2 amide bonds. The summed E-state index contributed by atoms with van der Waals surface area (Å²) in [6.45, 7) is 3.15. The lowest BCUT2D eigenvalue weighted by molar-refractivity contribution is -0.117. The van der Waals surface area contributed by atoms with Crippen LogP contribution in [-0.4, -0.2) is 29.9 Å². The van der Waals surface area contributed by atoms with Gasteiger partial charge in [0.1, 0.15) is 5.82 Å². The third-order valence-electron chi connectivity index (χ3n) is 2.24. The number of hydrogen-bond acceptors (Lipinski definition) is 4. The summed E-state index contributed by atoms with van der Waals surface area (Å²) in [6, 6.07) is 3.43. The van der Waals surface area contributed by atoms with E-state index in [9.17, 15) is 9.59 Å². The second-order valence-corrected chi connectivity index (χ2v) is 3.83. The molecule has 0 atom stereocenters. The van der Waals surface area contributed by atoms with Crippen LogP contribution in [0.1, 0.15) is 30.1 Å². The van der Waals surface area contributed by atoms with Crippen LogP contribution in [0.5, 0.6) is 0 Å². The Bertz CT molecular complexity index is 403. The number of pyridine rings is 1. The Balaban J connectivity index is 2.46. The zero-order valence-corrected chi connectivity index (χ0v) is 10.4. The number of hydrogen-bond donors (Lipinski definition) is 3. The summed E-state index contributed by atoms with van der Waals surface area (Å²) in [4.78, 5) is 26.3. The van der Waals surface area contributed by atoms with Gasteiger partial charge in [-0.25, -0.2) is 4.98 Å². The molecule has 6 nitrogen and oxygen atoms in total. The molecule has 0 saturated carbocycles. The zero-order valence-electron chi connectivity index (χ0n) is 10.4. The molecule has 4 N–H and O–H groups in total. The average Bonchev–Trinajstić information content (AvgIpc) is 2.36. The highest BCUT2D eigenvalue weighted by Gasteiger charge is 2.05. The molecule has 0 spiro atoms. The number of nitrogens with two attached hydrogens (primary N) is 1. The predicted molar refractivity (Wildman–Crippen MR) is 69.2 cm³/mol. The number of aromatic nitrogens is 1. The molecule has 0 aliphatic heterocycles. The van der Waals surface area contributed by atoms with Gasteiger partial charge < -0.3 is 16.4 Å². The topological polar surface area (TPSA) is 97.1 Å². The molecule has 0 fully saturated rings. The molecule has 98 valence electrons. The first-order valence-corrected chi connectivity index (χ1v) is 5.90. The van der Waals surface area contributed by atoms with Crippen molar-refractivity contribution in [1.29, 1.82) is 0 Å². The SMILES string of the molecule is CCCNc1ccc(C(=O)NCCC(N)=O)cn1. The fraction of sp³-hybridized carbons (Fsp3) is 0.417. The summed E-state index contributed by atoms with van der Waals surface area (Å²) in [5, 5.41) is 5.71. The number of amides is 2. The van der Waals surface area contributed by atoms with Crippen LogP contribution in [0, 0.1) is 0 Å². The van der Waals surface area contributed by atoms with Crippen LogP contribution in [0.15, 0.2) is 18.3 Å². The van der Waals surface area contributed by atoms with Gasteiger partial charge in [-0.1, -0.05) is 6.92 Å². The van der Waals surface area contributed by atoms with Gasteiger partial charge in [-0.15, -0.1) is 0 Å². The van der Waals surface area contributed by atoms with Crippen LogP contribution in [0.4, 0.5) is 5.82 Å².